The molecule has 1 fully saturated rings. The van der Waals surface area contributed by atoms with E-state index in [0.29, 0.717) is 6.04 Å². The number of hydrazine groups is 2. The van der Waals surface area contributed by atoms with Gasteiger partial charge in [-0.25, -0.2) is 10.4 Å². The molecule has 1 aliphatic heterocycles. The summed E-state index contributed by atoms with van der Waals surface area (Å²) in [6, 6.07) is 0.602. The fourth-order valence-corrected chi connectivity index (χ4v) is 0.777. The highest BCUT2D eigenvalue weighted by Gasteiger charge is 2.11. The Morgan fingerprint density at radius 2 is 1.69 bits per heavy atom. The van der Waals surface area contributed by atoms with E-state index in [9.17, 15) is 0 Å². The summed E-state index contributed by atoms with van der Waals surface area (Å²) in [4.78, 5) is 0. The number of hydrogen-bond acceptors (Lipinski definition) is 4. The summed E-state index contributed by atoms with van der Waals surface area (Å²) in [7, 11) is 0. The van der Waals surface area contributed by atoms with Crippen LogP contribution in [0.15, 0.2) is 0 Å². The maximum Gasteiger partial charge on any atom is 0.0286 e. The van der Waals surface area contributed by atoms with E-state index in [-0.39, 0.29) is 22.0 Å². The van der Waals surface area contributed by atoms with Crippen LogP contribution in [0, 0.1) is 0 Å². The first kappa shape index (κ1) is 23.1. The minimum Gasteiger partial charge on any atom is -0.344 e. The van der Waals surface area contributed by atoms with Crippen LogP contribution < -0.4 is 17.1 Å². The molecule has 0 atom stereocenters. The molecule has 0 unspecified atom stereocenters. The van der Waals surface area contributed by atoms with Crippen LogP contribution in [0.25, 0.3) is 0 Å². The Labute approximate surface area is 85.6 Å². The number of nitrogens with one attached hydrogen (secondary N) is 2. The van der Waals surface area contributed by atoms with Crippen molar-refractivity contribution in [3.8, 4) is 0 Å². The molecule has 1 heterocycles. The SMILES string of the molecule is C.CC.CC(C)N1CCNN1.N.[B]. The zero-order valence-corrected chi connectivity index (χ0v) is 8.72. The number of hydrogen-bond donors (Lipinski definition) is 3. The smallest absolute Gasteiger partial charge is 0.0286 e. The molecule has 0 amide bonds. The highest BCUT2D eigenvalue weighted by Crippen LogP contribution is 1.93. The van der Waals surface area contributed by atoms with E-state index in [1.807, 2.05) is 13.8 Å². The van der Waals surface area contributed by atoms with E-state index in [1.54, 1.807) is 0 Å². The average Bonchev–Trinajstić information content (AvgIpc) is 2.42. The highest BCUT2D eigenvalue weighted by molar-refractivity contribution is 5.75. The van der Waals surface area contributed by atoms with Gasteiger partial charge in [0.1, 0.15) is 0 Å². The first-order valence-corrected chi connectivity index (χ1v) is 4.06. The van der Waals surface area contributed by atoms with Crippen LogP contribution in [-0.2, 0) is 0 Å². The van der Waals surface area contributed by atoms with Gasteiger partial charge in [0.2, 0.25) is 0 Å². The molecule has 13 heavy (non-hydrogen) atoms. The molecule has 81 valence electrons. The zero-order chi connectivity index (χ0) is 7.98. The molecule has 0 aromatic carbocycles. The third-order valence-electron chi connectivity index (χ3n) is 1.32. The molecular weight excluding hydrogens is 163 g/mol. The second kappa shape index (κ2) is 14.4. The van der Waals surface area contributed by atoms with Crippen molar-refractivity contribution < 1.29 is 0 Å². The van der Waals surface area contributed by atoms with Crippen LogP contribution in [0.1, 0.15) is 35.1 Å². The normalized spacial score (nSPS) is 14.5. The summed E-state index contributed by atoms with van der Waals surface area (Å²) in [5.41, 5.74) is 6.07. The summed E-state index contributed by atoms with van der Waals surface area (Å²) in [5, 5.41) is 2.17. The molecule has 5 heteroatoms. The van der Waals surface area contributed by atoms with Crippen molar-refractivity contribution in [3.63, 3.8) is 0 Å². The lowest BCUT2D eigenvalue weighted by molar-refractivity contribution is 0.184. The van der Waals surface area contributed by atoms with E-state index >= 15 is 0 Å². The molecule has 0 aliphatic carbocycles. The van der Waals surface area contributed by atoms with Gasteiger partial charge in [0.05, 0.1) is 0 Å². The first-order valence-electron chi connectivity index (χ1n) is 4.06. The van der Waals surface area contributed by atoms with E-state index < -0.39 is 0 Å². The van der Waals surface area contributed by atoms with Gasteiger partial charge in [-0.3, -0.25) is 0 Å². The summed E-state index contributed by atoms with van der Waals surface area (Å²) in [6.07, 6.45) is 0. The van der Waals surface area contributed by atoms with Gasteiger partial charge < -0.3 is 6.15 Å². The maximum absolute atomic E-state index is 3.04. The Kier molecular flexibility index (Phi) is 25.6. The van der Waals surface area contributed by atoms with Crippen molar-refractivity contribution in [1.82, 2.24) is 22.1 Å². The lowest BCUT2D eigenvalue weighted by Crippen LogP contribution is -2.40. The Morgan fingerprint density at radius 1 is 1.23 bits per heavy atom. The van der Waals surface area contributed by atoms with E-state index in [4.69, 9.17) is 0 Å². The van der Waals surface area contributed by atoms with Gasteiger partial charge in [-0.2, -0.15) is 5.53 Å². The molecule has 5 N–H and O–H groups in total. The molecule has 1 saturated heterocycles. The molecule has 0 spiro atoms. The van der Waals surface area contributed by atoms with Gasteiger partial charge in [-0.1, -0.05) is 21.3 Å². The van der Waals surface area contributed by atoms with Crippen LogP contribution in [0.4, 0.5) is 0 Å². The largest absolute Gasteiger partial charge is 0.344 e. The van der Waals surface area contributed by atoms with E-state index in [0.717, 1.165) is 13.1 Å². The molecule has 0 aromatic rings. The molecule has 0 saturated carbocycles. The van der Waals surface area contributed by atoms with Gasteiger partial charge in [0.15, 0.2) is 0 Å². The molecule has 3 radical (unpaired) electrons. The topological polar surface area (TPSA) is 62.3 Å². The van der Waals surface area contributed by atoms with E-state index in [2.05, 4.69) is 29.8 Å². The molecule has 4 nitrogen and oxygen atoms in total. The monoisotopic (exact) mass is 189 g/mol. The highest BCUT2D eigenvalue weighted by atomic mass is 15.7. The van der Waals surface area contributed by atoms with Crippen molar-refractivity contribution in [2.24, 2.45) is 0 Å². The molecular formula is C8H26BN4. The lowest BCUT2D eigenvalue weighted by atomic mass is 10.4. The van der Waals surface area contributed by atoms with Crippen LogP contribution in [0.2, 0.25) is 0 Å². The second-order valence-electron chi connectivity index (χ2n) is 2.33. The van der Waals surface area contributed by atoms with Crippen molar-refractivity contribution in [1.29, 1.82) is 0 Å². The fraction of sp³-hybridized carbons (Fsp3) is 1.00. The standard InChI is InChI=1S/C5H13N3.C2H6.CH4.B.H3N/c1-5(2)8-4-3-6-7-8;1-2;;;/h5-7H,3-4H2,1-2H3;1-2H3;1H4;;1H3. The van der Waals surface area contributed by atoms with Gasteiger partial charge in [0.25, 0.3) is 0 Å². The summed E-state index contributed by atoms with van der Waals surface area (Å²) < 4.78 is 0. The first-order chi connectivity index (χ1) is 4.80. The van der Waals surface area contributed by atoms with Gasteiger partial charge in [-0.05, 0) is 13.8 Å². The van der Waals surface area contributed by atoms with Crippen molar-refractivity contribution in [3.05, 3.63) is 0 Å². The maximum atomic E-state index is 3.04. The Morgan fingerprint density at radius 3 is 1.85 bits per heavy atom. The van der Waals surface area contributed by atoms with Crippen molar-refractivity contribution in [2.75, 3.05) is 13.1 Å². The van der Waals surface area contributed by atoms with Crippen LogP contribution in [0.5, 0.6) is 0 Å². The number of nitrogens with zero attached hydrogens (tertiary/aromatic N) is 1. The third kappa shape index (κ3) is 9.82. The minimum atomic E-state index is 0. The number of rotatable bonds is 1. The Balaban J connectivity index is -0.0000000761. The zero-order valence-electron chi connectivity index (χ0n) is 8.72. The van der Waals surface area contributed by atoms with Crippen molar-refractivity contribution >= 4 is 8.41 Å². The minimum absolute atomic E-state index is 0. The quantitative estimate of drug-likeness (QED) is 0.541. The molecule has 0 aromatic heterocycles. The average molecular weight is 189 g/mol. The summed E-state index contributed by atoms with van der Waals surface area (Å²) in [5.74, 6) is 0. The second-order valence-corrected chi connectivity index (χ2v) is 2.33. The fourth-order valence-electron chi connectivity index (χ4n) is 0.777. The Hall–Kier alpha value is -0.0951. The molecule has 1 aliphatic rings. The third-order valence-corrected chi connectivity index (χ3v) is 1.32. The van der Waals surface area contributed by atoms with Gasteiger partial charge in [0, 0.05) is 27.5 Å². The molecule has 1 rings (SSSR count). The van der Waals surface area contributed by atoms with Gasteiger partial charge in [-0.15, -0.1) is 0 Å². The lowest BCUT2D eigenvalue weighted by Gasteiger charge is -2.17. The Bertz CT molecular complexity index is 74.5. The summed E-state index contributed by atoms with van der Waals surface area (Å²) in [6.45, 7) is 10.5. The van der Waals surface area contributed by atoms with Crippen LogP contribution in [-0.4, -0.2) is 32.6 Å². The van der Waals surface area contributed by atoms with Crippen molar-refractivity contribution in [2.45, 2.75) is 41.2 Å². The van der Waals surface area contributed by atoms with Crippen LogP contribution >= 0.6 is 0 Å². The predicted molar refractivity (Wildman–Crippen MR) is 61.8 cm³/mol. The van der Waals surface area contributed by atoms with E-state index in [1.165, 1.54) is 0 Å². The van der Waals surface area contributed by atoms with Gasteiger partial charge >= 0.3 is 0 Å². The predicted octanol–water partition coefficient (Wildman–Crippen LogP) is 1.16. The van der Waals surface area contributed by atoms with Crippen LogP contribution in [0.3, 0.4) is 0 Å². The molecule has 0 bridgehead atoms. The summed E-state index contributed by atoms with van der Waals surface area (Å²) >= 11 is 0.